The van der Waals surface area contributed by atoms with E-state index in [0.717, 1.165) is 18.4 Å². The Bertz CT molecular complexity index is 674. The molecule has 0 aromatic carbocycles. The Kier molecular flexibility index (Phi) is 5.40. The van der Waals surface area contributed by atoms with E-state index in [9.17, 15) is 10.1 Å². The van der Waals surface area contributed by atoms with Crippen LogP contribution >= 0.6 is 0 Å². The number of nitrogens with zero attached hydrogens (tertiary/aromatic N) is 5. The fraction of sp³-hybridized carbons (Fsp3) is 0.400. The van der Waals surface area contributed by atoms with Crippen molar-refractivity contribution in [2.75, 3.05) is 23.8 Å². The van der Waals surface area contributed by atoms with Gasteiger partial charge in [-0.05, 0) is 25.0 Å². The van der Waals surface area contributed by atoms with Crippen LogP contribution in [0.2, 0.25) is 0 Å². The van der Waals surface area contributed by atoms with Crippen molar-refractivity contribution in [2.24, 2.45) is 0 Å². The molecule has 8 heteroatoms. The summed E-state index contributed by atoms with van der Waals surface area (Å²) in [5, 5.41) is 14.4. The molecule has 0 unspecified atom stereocenters. The first-order valence-corrected chi connectivity index (χ1v) is 7.43. The van der Waals surface area contributed by atoms with Gasteiger partial charge in [0.2, 0.25) is 11.6 Å². The Morgan fingerprint density at radius 3 is 2.70 bits per heavy atom. The lowest BCUT2D eigenvalue weighted by Gasteiger charge is -2.18. The van der Waals surface area contributed by atoms with Crippen molar-refractivity contribution in [3.05, 3.63) is 40.3 Å². The van der Waals surface area contributed by atoms with E-state index in [2.05, 4.69) is 27.2 Å². The number of anilines is 3. The number of aromatic nitrogens is 3. The van der Waals surface area contributed by atoms with Crippen LogP contribution in [0.1, 0.15) is 25.3 Å². The van der Waals surface area contributed by atoms with Gasteiger partial charge in [-0.1, -0.05) is 19.4 Å². The van der Waals surface area contributed by atoms with E-state index >= 15 is 0 Å². The molecule has 2 heterocycles. The predicted molar refractivity (Wildman–Crippen MR) is 89.1 cm³/mol. The number of rotatable bonds is 7. The van der Waals surface area contributed by atoms with Gasteiger partial charge in [-0.15, -0.1) is 0 Å². The van der Waals surface area contributed by atoms with E-state index < -0.39 is 4.92 Å². The van der Waals surface area contributed by atoms with E-state index in [1.165, 1.54) is 6.33 Å². The van der Waals surface area contributed by atoms with E-state index in [-0.39, 0.29) is 11.5 Å². The first-order valence-electron chi connectivity index (χ1n) is 7.43. The van der Waals surface area contributed by atoms with E-state index in [0.29, 0.717) is 18.2 Å². The molecule has 2 rings (SSSR count). The van der Waals surface area contributed by atoms with Gasteiger partial charge in [-0.2, -0.15) is 0 Å². The SMILES string of the molecule is CCCCN(C)c1ncnc(Nc2ccc(C)cn2)c1[N+](=O)[O-]. The molecule has 0 fully saturated rings. The predicted octanol–water partition coefficient (Wildman–Crippen LogP) is 3.07. The number of nitrogens with one attached hydrogen (secondary N) is 1. The van der Waals surface area contributed by atoms with Crippen molar-refractivity contribution in [2.45, 2.75) is 26.7 Å². The largest absolute Gasteiger partial charge is 0.354 e. The lowest BCUT2D eigenvalue weighted by atomic mass is 10.3. The number of hydrogen-bond acceptors (Lipinski definition) is 7. The molecule has 0 aliphatic heterocycles. The van der Waals surface area contributed by atoms with Crippen molar-refractivity contribution in [3.63, 3.8) is 0 Å². The number of nitro groups is 1. The Labute approximate surface area is 134 Å². The molecule has 0 aliphatic rings. The molecule has 1 N–H and O–H groups in total. The standard InChI is InChI=1S/C15H20N6O2/c1-4-5-8-20(3)15-13(21(22)23)14(17-10-18-15)19-12-7-6-11(2)9-16-12/h6-7,9-10H,4-5,8H2,1-3H3,(H,16,17,18,19). The molecule has 0 aliphatic carbocycles. The second-order valence-electron chi connectivity index (χ2n) is 5.27. The third-order valence-electron chi connectivity index (χ3n) is 3.35. The highest BCUT2D eigenvalue weighted by Crippen LogP contribution is 2.32. The summed E-state index contributed by atoms with van der Waals surface area (Å²) in [4.78, 5) is 25.1. The molecule has 0 bridgehead atoms. The molecule has 23 heavy (non-hydrogen) atoms. The molecule has 0 saturated carbocycles. The van der Waals surface area contributed by atoms with Gasteiger partial charge >= 0.3 is 5.69 Å². The molecule has 0 amide bonds. The summed E-state index contributed by atoms with van der Waals surface area (Å²) >= 11 is 0. The summed E-state index contributed by atoms with van der Waals surface area (Å²) in [6.45, 7) is 4.68. The van der Waals surface area contributed by atoms with Crippen molar-refractivity contribution in [3.8, 4) is 0 Å². The van der Waals surface area contributed by atoms with E-state index in [4.69, 9.17) is 0 Å². The Balaban J connectivity index is 2.35. The van der Waals surface area contributed by atoms with Crippen molar-refractivity contribution < 1.29 is 4.92 Å². The minimum atomic E-state index is -0.464. The third kappa shape index (κ3) is 4.12. The molecule has 2 aromatic heterocycles. The third-order valence-corrected chi connectivity index (χ3v) is 3.35. The van der Waals surface area contributed by atoms with Crippen molar-refractivity contribution >= 4 is 23.1 Å². The van der Waals surface area contributed by atoms with Gasteiger partial charge in [0.15, 0.2) is 0 Å². The first-order chi connectivity index (χ1) is 11.0. The van der Waals surface area contributed by atoms with Gasteiger partial charge < -0.3 is 10.2 Å². The monoisotopic (exact) mass is 316 g/mol. The lowest BCUT2D eigenvalue weighted by Crippen LogP contribution is -2.21. The fourth-order valence-corrected chi connectivity index (χ4v) is 2.07. The maximum absolute atomic E-state index is 11.5. The van der Waals surface area contributed by atoms with Crippen LogP contribution in [-0.2, 0) is 0 Å². The normalized spacial score (nSPS) is 10.4. The van der Waals surface area contributed by atoms with E-state index in [1.807, 2.05) is 13.0 Å². The summed E-state index contributed by atoms with van der Waals surface area (Å²) in [6, 6.07) is 3.62. The van der Waals surface area contributed by atoms with Gasteiger partial charge in [0.1, 0.15) is 12.1 Å². The summed E-state index contributed by atoms with van der Waals surface area (Å²) in [5.41, 5.74) is 0.862. The quantitative estimate of drug-likeness (QED) is 0.619. The number of hydrogen-bond donors (Lipinski definition) is 1. The minimum Gasteiger partial charge on any atom is -0.354 e. The topological polar surface area (TPSA) is 97.1 Å². The molecule has 8 nitrogen and oxygen atoms in total. The second kappa shape index (κ2) is 7.48. The molecule has 122 valence electrons. The van der Waals surface area contributed by atoms with Crippen LogP contribution in [0, 0.1) is 17.0 Å². The average Bonchev–Trinajstić information content (AvgIpc) is 2.54. The Morgan fingerprint density at radius 2 is 2.09 bits per heavy atom. The highest BCUT2D eigenvalue weighted by molar-refractivity contribution is 5.73. The van der Waals surface area contributed by atoms with Gasteiger partial charge in [0, 0.05) is 19.8 Å². The van der Waals surface area contributed by atoms with E-state index in [1.54, 1.807) is 24.2 Å². The summed E-state index contributed by atoms with van der Waals surface area (Å²) in [5.74, 6) is 0.937. The maximum atomic E-state index is 11.5. The molecular formula is C15H20N6O2. The van der Waals surface area contributed by atoms with Gasteiger partial charge in [0.25, 0.3) is 0 Å². The number of pyridine rings is 1. The van der Waals surface area contributed by atoms with Gasteiger partial charge in [0.05, 0.1) is 4.92 Å². The first kappa shape index (κ1) is 16.6. The fourth-order valence-electron chi connectivity index (χ4n) is 2.07. The maximum Gasteiger partial charge on any atom is 0.353 e. The van der Waals surface area contributed by atoms with Gasteiger partial charge in [-0.25, -0.2) is 15.0 Å². The molecule has 0 spiro atoms. The molecular weight excluding hydrogens is 296 g/mol. The van der Waals surface area contributed by atoms with Crippen molar-refractivity contribution in [1.82, 2.24) is 15.0 Å². The zero-order valence-corrected chi connectivity index (χ0v) is 13.5. The zero-order chi connectivity index (χ0) is 16.8. The Hall–Kier alpha value is -2.77. The van der Waals surface area contributed by atoms with Crippen LogP contribution in [-0.4, -0.2) is 33.5 Å². The number of aryl methyl sites for hydroxylation is 1. The van der Waals surface area contributed by atoms with Crippen LogP contribution < -0.4 is 10.2 Å². The molecule has 0 saturated heterocycles. The van der Waals surface area contributed by atoms with Crippen LogP contribution in [0.3, 0.4) is 0 Å². The van der Waals surface area contributed by atoms with Crippen LogP contribution in [0.5, 0.6) is 0 Å². The molecule has 2 aromatic rings. The highest BCUT2D eigenvalue weighted by Gasteiger charge is 2.25. The van der Waals surface area contributed by atoms with Crippen LogP contribution in [0.4, 0.5) is 23.1 Å². The number of unbranched alkanes of at least 4 members (excludes halogenated alkanes) is 1. The highest BCUT2D eigenvalue weighted by atomic mass is 16.6. The summed E-state index contributed by atoms with van der Waals surface area (Å²) < 4.78 is 0. The smallest absolute Gasteiger partial charge is 0.353 e. The molecule has 0 atom stereocenters. The van der Waals surface area contributed by atoms with Crippen LogP contribution in [0.15, 0.2) is 24.7 Å². The molecule has 0 radical (unpaired) electrons. The summed E-state index contributed by atoms with van der Waals surface area (Å²) in [7, 11) is 1.79. The minimum absolute atomic E-state index is 0.139. The van der Waals surface area contributed by atoms with Gasteiger partial charge in [-0.3, -0.25) is 10.1 Å². The zero-order valence-electron chi connectivity index (χ0n) is 13.5. The summed E-state index contributed by atoms with van der Waals surface area (Å²) in [6.07, 6.45) is 4.94. The lowest BCUT2D eigenvalue weighted by molar-refractivity contribution is -0.383. The van der Waals surface area contributed by atoms with Crippen LogP contribution in [0.25, 0.3) is 0 Å². The average molecular weight is 316 g/mol. The van der Waals surface area contributed by atoms with Crippen molar-refractivity contribution in [1.29, 1.82) is 0 Å². The Morgan fingerprint density at radius 1 is 1.30 bits per heavy atom. The second-order valence-corrected chi connectivity index (χ2v) is 5.27.